The van der Waals surface area contributed by atoms with E-state index in [1.54, 1.807) is 21.8 Å². The number of hydrogen-bond acceptors (Lipinski definition) is 6. The van der Waals surface area contributed by atoms with E-state index in [-0.39, 0.29) is 11.8 Å². The second kappa shape index (κ2) is 7.51. The van der Waals surface area contributed by atoms with Gasteiger partial charge in [-0.3, -0.25) is 14.9 Å². The third-order valence-electron chi connectivity index (χ3n) is 5.61. The molecule has 4 heterocycles. The van der Waals surface area contributed by atoms with Gasteiger partial charge in [0, 0.05) is 49.7 Å². The number of fused-ring (bicyclic) bond motifs is 1. The molecular weight excluding hydrogens is 384 g/mol. The lowest BCUT2D eigenvalue weighted by Gasteiger charge is -2.40. The molecule has 2 N–H and O–H groups in total. The molecule has 0 unspecified atom stereocenters. The summed E-state index contributed by atoms with van der Waals surface area (Å²) in [6.45, 7) is 2.68. The van der Waals surface area contributed by atoms with E-state index < -0.39 is 5.54 Å². The van der Waals surface area contributed by atoms with Crippen molar-refractivity contribution in [1.29, 1.82) is 0 Å². The molecule has 0 saturated carbocycles. The minimum absolute atomic E-state index is 0.0589. The number of nitrogens with zero attached hydrogens (tertiary/aromatic N) is 4. The smallest absolute Gasteiger partial charge is 0.253 e. The van der Waals surface area contributed by atoms with Crippen molar-refractivity contribution in [2.75, 3.05) is 39.4 Å². The molecule has 2 aliphatic heterocycles. The summed E-state index contributed by atoms with van der Waals surface area (Å²) in [6, 6.07) is 11.3. The normalized spacial score (nSPS) is 18.9. The van der Waals surface area contributed by atoms with Crippen molar-refractivity contribution in [3.8, 4) is 11.3 Å². The van der Waals surface area contributed by atoms with Gasteiger partial charge >= 0.3 is 0 Å². The third-order valence-corrected chi connectivity index (χ3v) is 5.61. The number of aromatic nitrogens is 3. The Balaban J connectivity index is 1.30. The van der Waals surface area contributed by atoms with Gasteiger partial charge in [-0.2, -0.15) is 5.10 Å². The first-order chi connectivity index (χ1) is 14.6. The molecule has 154 valence electrons. The summed E-state index contributed by atoms with van der Waals surface area (Å²) >= 11 is 0. The van der Waals surface area contributed by atoms with Gasteiger partial charge in [-0.25, -0.2) is 9.50 Å². The average molecular weight is 406 g/mol. The molecule has 2 saturated heterocycles. The van der Waals surface area contributed by atoms with Crippen LogP contribution in [0.15, 0.2) is 48.8 Å². The zero-order valence-corrected chi connectivity index (χ0v) is 16.4. The van der Waals surface area contributed by atoms with E-state index in [1.165, 1.54) is 0 Å². The second-order valence-corrected chi connectivity index (χ2v) is 7.58. The standard InChI is InChI=1S/C21H22N6O3/c28-19(26-10-7-23-20(29)21(13-30-14-21)24-9-11-26)16-3-1-15(2-4-16)17-5-6-18-22-8-12-27(18)25-17/h1-6,8,12,24H,7,9-11,13-14H2,(H,23,29). The van der Waals surface area contributed by atoms with Gasteiger partial charge in [-0.15, -0.1) is 0 Å². The Bertz CT molecular complexity index is 1090. The lowest BCUT2D eigenvalue weighted by Crippen LogP contribution is -2.69. The summed E-state index contributed by atoms with van der Waals surface area (Å²) in [5, 5.41) is 10.7. The number of ether oxygens (including phenoxy) is 1. The van der Waals surface area contributed by atoms with Crippen molar-refractivity contribution in [1.82, 2.24) is 30.1 Å². The van der Waals surface area contributed by atoms with Crippen LogP contribution in [-0.4, -0.2) is 76.2 Å². The molecular formula is C21H22N6O3. The number of hydrogen-bond donors (Lipinski definition) is 2. The number of benzene rings is 1. The van der Waals surface area contributed by atoms with Crippen molar-refractivity contribution < 1.29 is 14.3 Å². The molecule has 0 bridgehead atoms. The Morgan fingerprint density at radius 3 is 2.63 bits per heavy atom. The predicted molar refractivity (Wildman–Crippen MR) is 109 cm³/mol. The van der Waals surface area contributed by atoms with Gasteiger partial charge in [-0.05, 0) is 24.3 Å². The van der Waals surface area contributed by atoms with Crippen LogP contribution in [0.2, 0.25) is 0 Å². The summed E-state index contributed by atoms with van der Waals surface area (Å²) in [5.74, 6) is -0.119. The molecule has 2 aromatic heterocycles. The number of rotatable bonds is 2. The molecule has 9 nitrogen and oxygen atoms in total. The zero-order valence-electron chi connectivity index (χ0n) is 16.4. The number of carbonyl (C=O) groups is 2. The van der Waals surface area contributed by atoms with Crippen LogP contribution < -0.4 is 10.6 Å². The molecule has 2 aliphatic rings. The molecule has 30 heavy (non-hydrogen) atoms. The molecule has 2 amide bonds. The summed E-state index contributed by atoms with van der Waals surface area (Å²) in [4.78, 5) is 31.3. The Morgan fingerprint density at radius 2 is 1.87 bits per heavy atom. The van der Waals surface area contributed by atoms with Crippen molar-refractivity contribution >= 4 is 17.5 Å². The quantitative estimate of drug-likeness (QED) is 0.636. The lowest BCUT2D eigenvalue weighted by atomic mass is 9.96. The van der Waals surface area contributed by atoms with E-state index in [1.807, 2.05) is 36.4 Å². The summed E-state index contributed by atoms with van der Waals surface area (Å²) < 4.78 is 6.94. The fraction of sp³-hybridized carbons (Fsp3) is 0.333. The van der Waals surface area contributed by atoms with E-state index >= 15 is 0 Å². The first-order valence-electron chi connectivity index (χ1n) is 9.96. The Kier molecular flexibility index (Phi) is 4.68. The maximum Gasteiger partial charge on any atom is 0.253 e. The maximum absolute atomic E-state index is 13.0. The van der Waals surface area contributed by atoms with E-state index in [9.17, 15) is 9.59 Å². The maximum atomic E-state index is 13.0. The monoisotopic (exact) mass is 406 g/mol. The molecule has 2 fully saturated rings. The van der Waals surface area contributed by atoms with Crippen molar-refractivity contribution in [2.45, 2.75) is 5.54 Å². The van der Waals surface area contributed by atoms with Gasteiger partial charge in [0.2, 0.25) is 5.91 Å². The minimum Gasteiger partial charge on any atom is -0.376 e. The topological polar surface area (TPSA) is 101 Å². The SMILES string of the molecule is O=C(c1ccc(-c2ccc3nccn3n2)cc1)N1CCNC(=O)C2(COC2)NCC1. The number of imidazole rings is 1. The van der Waals surface area contributed by atoms with Gasteiger partial charge in [0.15, 0.2) is 5.65 Å². The molecule has 0 atom stereocenters. The van der Waals surface area contributed by atoms with Crippen LogP contribution in [0.5, 0.6) is 0 Å². The van der Waals surface area contributed by atoms with Gasteiger partial charge in [0.25, 0.3) is 5.91 Å². The molecule has 1 aromatic carbocycles. The van der Waals surface area contributed by atoms with Crippen LogP contribution in [0.1, 0.15) is 10.4 Å². The molecule has 9 heteroatoms. The lowest BCUT2D eigenvalue weighted by molar-refractivity contribution is -0.147. The highest BCUT2D eigenvalue weighted by atomic mass is 16.5. The number of carbonyl (C=O) groups excluding carboxylic acids is 2. The van der Waals surface area contributed by atoms with Gasteiger partial charge < -0.3 is 15.0 Å². The molecule has 3 aromatic rings. The van der Waals surface area contributed by atoms with Crippen LogP contribution in [0, 0.1) is 0 Å². The zero-order chi connectivity index (χ0) is 20.6. The van der Waals surface area contributed by atoms with Crippen molar-refractivity contribution in [2.24, 2.45) is 0 Å². The van der Waals surface area contributed by atoms with Gasteiger partial charge in [0.1, 0.15) is 5.54 Å². The summed E-state index contributed by atoms with van der Waals surface area (Å²) in [5.41, 5.74) is 2.48. The Hall–Kier alpha value is -3.30. The fourth-order valence-corrected chi connectivity index (χ4v) is 3.77. The Morgan fingerprint density at radius 1 is 1.07 bits per heavy atom. The van der Waals surface area contributed by atoms with Crippen LogP contribution in [0.3, 0.4) is 0 Å². The highest BCUT2D eigenvalue weighted by Crippen LogP contribution is 2.20. The minimum atomic E-state index is -0.649. The highest BCUT2D eigenvalue weighted by Gasteiger charge is 2.45. The largest absolute Gasteiger partial charge is 0.376 e. The second-order valence-electron chi connectivity index (χ2n) is 7.58. The van der Waals surface area contributed by atoms with Crippen LogP contribution in [-0.2, 0) is 9.53 Å². The number of nitrogens with one attached hydrogen (secondary N) is 2. The molecule has 5 rings (SSSR count). The van der Waals surface area contributed by atoms with Crippen LogP contribution in [0.4, 0.5) is 0 Å². The average Bonchev–Trinajstić information content (AvgIpc) is 3.23. The van der Waals surface area contributed by atoms with Crippen molar-refractivity contribution in [3.05, 3.63) is 54.4 Å². The number of amides is 2. The van der Waals surface area contributed by atoms with Crippen molar-refractivity contribution in [3.63, 3.8) is 0 Å². The summed E-state index contributed by atoms with van der Waals surface area (Å²) in [7, 11) is 0. The van der Waals surface area contributed by atoms with Crippen LogP contribution in [0.25, 0.3) is 16.9 Å². The highest BCUT2D eigenvalue weighted by molar-refractivity contribution is 5.95. The van der Waals surface area contributed by atoms with Crippen LogP contribution >= 0.6 is 0 Å². The third kappa shape index (κ3) is 3.31. The fourth-order valence-electron chi connectivity index (χ4n) is 3.77. The molecule has 1 spiro atoms. The first-order valence-corrected chi connectivity index (χ1v) is 9.96. The molecule has 0 radical (unpaired) electrons. The van der Waals surface area contributed by atoms with E-state index in [0.29, 0.717) is 45.0 Å². The van der Waals surface area contributed by atoms with E-state index in [4.69, 9.17) is 4.74 Å². The predicted octanol–water partition coefficient (Wildman–Crippen LogP) is 0.327. The van der Waals surface area contributed by atoms with E-state index in [0.717, 1.165) is 16.9 Å². The molecule has 0 aliphatic carbocycles. The Labute approximate surface area is 173 Å². The van der Waals surface area contributed by atoms with E-state index in [2.05, 4.69) is 20.7 Å². The van der Waals surface area contributed by atoms with Gasteiger partial charge in [-0.1, -0.05) is 12.1 Å². The first kappa shape index (κ1) is 18.7. The summed E-state index contributed by atoms with van der Waals surface area (Å²) in [6.07, 6.45) is 3.50. The van der Waals surface area contributed by atoms with Gasteiger partial charge in [0.05, 0.1) is 18.9 Å².